The molecule has 0 radical (unpaired) electrons. The maximum atomic E-state index is 13.5. The molecule has 4 heterocycles. The number of amides is 1. The number of carbonyl (C=O) groups is 1. The number of carbonyl (C=O) groups excluding carboxylic acids is 1. The molecule has 3 aromatic rings. The molecule has 2 aromatic heterocycles. The molecule has 0 saturated carbocycles. The van der Waals surface area contributed by atoms with Crippen molar-refractivity contribution in [1.82, 2.24) is 19.9 Å². The van der Waals surface area contributed by atoms with Crippen molar-refractivity contribution >= 4 is 22.6 Å². The third kappa shape index (κ3) is 5.14. The molecule has 7 nitrogen and oxygen atoms in total. The second-order valence-electron chi connectivity index (χ2n) is 9.20. The standard InChI is InChI=1S/C26H31N5O2/c1-19-13-24(29-26(28-19)30-9-3-2-4-10-30)25(32)31-11-12-33-18-21(17-31)14-20-5-6-22-7-8-27-16-23(22)15-20/h5-8,13,15-16,21H,2-4,9-12,14,17-18H2,1H3/t21-/m1/s1. The minimum Gasteiger partial charge on any atom is -0.379 e. The second-order valence-corrected chi connectivity index (χ2v) is 9.20. The minimum absolute atomic E-state index is 0.0306. The van der Waals surface area contributed by atoms with Crippen molar-refractivity contribution in [3.05, 3.63) is 59.7 Å². The summed E-state index contributed by atoms with van der Waals surface area (Å²) in [7, 11) is 0. The van der Waals surface area contributed by atoms with Crippen LogP contribution in [0.4, 0.5) is 5.95 Å². The molecule has 2 saturated heterocycles. The summed E-state index contributed by atoms with van der Waals surface area (Å²) in [6, 6.07) is 10.3. The summed E-state index contributed by atoms with van der Waals surface area (Å²) in [6.07, 6.45) is 8.12. The number of benzene rings is 1. The zero-order valence-corrected chi connectivity index (χ0v) is 19.2. The molecule has 1 aromatic carbocycles. The van der Waals surface area contributed by atoms with Gasteiger partial charge in [0.05, 0.1) is 13.2 Å². The lowest BCUT2D eigenvalue weighted by atomic mass is 9.97. The highest BCUT2D eigenvalue weighted by atomic mass is 16.5. The fourth-order valence-electron chi connectivity index (χ4n) is 4.84. The smallest absolute Gasteiger partial charge is 0.272 e. The van der Waals surface area contributed by atoms with Gasteiger partial charge >= 0.3 is 0 Å². The van der Waals surface area contributed by atoms with Gasteiger partial charge in [0.25, 0.3) is 5.91 Å². The Kier molecular flexibility index (Phi) is 6.48. The molecule has 0 aliphatic carbocycles. The normalized spacial score (nSPS) is 19.5. The highest BCUT2D eigenvalue weighted by molar-refractivity contribution is 5.92. The minimum atomic E-state index is -0.0306. The van der Waals surface area contributed by atoms with Gasteiger partial charge in [0.2, 0.25) is 5.95 Å². The van der Waals surface area contributed by atoms with Crippen LogP contribution in [0.3, 0.4) is 0 Å². The summed E-state index contributed by atoms with van der Waals surface area (Å²) in [6.45, 7) is 6.29. The Morgan fingerprint density at radius 2 is 1.94 bits per heavy atom. The summed E-state index contributed by atoms with van der Waals surface area (Å²) in [5.41, 5.74) is 2.56. The highest BCUT2D eigenvalue weighted by Crippen LogP contribution is 2.21. The predicted octanol–water partition coefficient (Wildman–Crippen LogP) is 3.65. The van der Waals surface area contributed by atoms with Crippen molar-refractivity contribution in [2.45, 2.75) is 32.6 Å². The SMILES string of the molecule is Cc1cc(C(=O)N2CCOC[C@H](Cc3ccc4ccncc4c3)C2)nc(N2CCCCC2)n1. The molecule has 0 spiro atoms. The number of hydrogen-bond acceptors (Lipinski definition) is 6. The summed E-state index contributed by atoms with van der Waals surface area (Å²) >= 11 is 0. The Hall–Kier alpha value is -3.06. The number of pyridine rings is 1. The van der Waals surface area contributed by atoms with Crippen LogP contribution in [0, 0.1) is 12.8 Å². The number of anilines is 1. The van der Waals surface area contributed by atoms with E-state index in [1.807, 2.05) is 36.4 Å². The van der Waals surface area contributed by atoms with E-state index in [0.717, 1.165) is 43.4 Å². The zero-order chi connectivity index (χ0) is 22.6. The van der Waals surface area contributed by atoms with Crippen molar-refractivity contribution in [3.63, 3.8) is 0 Å². The molecule has 0 bridgehead atoms. The molecule has 0 N–H and O–H groups in total. The molecule has 5 rings (SSSR count). The average Bonchev–Trinajstić information content (AvgIpc) is 3.09. The Morgan fingerprint density at radius 1 is 1.06 bits per heavy atom. The van der Waals surface area contributed by atoms with E-state index in [1.54, 1.807) is 0 Å². The van der Waals surface area contributed by atoms with Crippen LogP contribution in [0.1, 0.15) is 41.0 Å². The lowest BCUT2D eigenvalue weighted by Gasteiger charge is -2.28. The van der Waals surface area contributed by atoms with Crippen LogP contribution in [0.25, 0.3) is 10.8 Å². The second kappa shape index (κ2) is 9.83. The predicted molar refractivity (Wildman–Crippen MR) is 128 cm³/mol. The summed E-state index contributed by atoms with van der Waals surface area (Å²) in [5.74, 6) is 0.887. The van der Waals surface area contributed by atoms with Crippen LogP contribution in [0.2, 0.25) is 0 Å². The van der Waals surface area contributed by atoms with Crippen molar-refractivity contribution in [2.24, 2.45) is 5.92 Å². The largest absolute Gasteiger partial charge is 0.379 e. The Balaban J connectivity index is 1.32. The molecule has 33 heavy (non-hydrogen) atoms. The Bertz CT molecular complexity index is 1130. The zero-order valence-electron chi connectivity index (χ0n) is 19.2. The van der Waals surface area contributed by atoms with Crippen LogP contribution in [-0.2, 0) is 11.2 Å². The number of piperidine rings is 1. The first kappa shape index (κ1) is 21.8. The highest BCUT2D eigenvalue weighted by Gasteiger charge is 2.26. The van der Waals surface area contributed by atoms with Gasteiger partial charge in [0.15, 0.2) is 0 Å². The third-order valence-electron chi connectivity index (χ3n) is 6.55. The van der Waals surface area contributed by atoms with Gasteiger partial charge in [-0.15, -0.1) is 0 Å². The monoisotopic (exact) mass is 445 g/mol. The van der Waals surface area contributed by atoms with E-state index < -0.39 is 0 Å². The van der Waals surface area contributed by atoms with E-state index in [-0.39, 0.29) is 11.8 Å². The van der Waals surface area contributed by atoms with Crippen LogP contribution >= 0.6 is 0 Å². The summed E-state index contributed by atoms with van der Waals surface area (Å²) in [5, 5.41) is 2.32. The number of rotatable bonds is 4. The van der Waals surface area contributed by atoms with Gasteiger partial charge < -0.3 is 14.5 Å². The van der Waals surface area contributed by atoms with Gasteiger partial charge in [-0.1, -0.05) is 12.1 Å². The van der Waals surface area contributed by atoms with E-state index >= 15 is 0 Å². The quantitative estimate of drug-likeness (QED) is 0.610. The van der Waals surface area contributed by atoms with Crippen molar-refractivity contribution in [1.29, 1.82) is 0 Å². The first-order valence-corrected chi connectivity index (χ1v) is 12.0. The van der Waals surface area contributed by atoms with Crippen molar-refractivity contribution in [2.75, 3.05) is 44.3 Å². The van der Waals surface area contributed by atoms with Crippen LogP contribution in [-0.4, -0.2) is 65.2 Å². The number of ether oxygens (including phenoxy) is 1. The van der Waals surface area contributed by atoms with E-state index in [9.17, 15) is 4.79 Å². The van der Waals surface area contributed by atoms with Crippen LogP contribution < -0.4 is 4.90 Å². The maximum absolute atomic E-state index is 13.5. The maximum Gasteiger partial charge on any atom is 0.272 e. The fourth-order valence-corrected chi connectivity index (χ4v) is 4.84. The number of fused-ring (bicyclic) bond motifs is 1. The molecule has 2 aliphatic heterocycles. The lowest BCUT2D eigenvalue weighted by molar-refractivity contribution is 0.0731. The van der Waals surface area contributed by atoms with E-state index in [2.05, 4.69) is 38.1 Å². The van der Waals surface area contributed by atoms with Crippen LogP contribution in [0.5, 0.6) is 0 Å². The Labute approximate surface area is 194 Å². The Morgan fingerprint density at radius 3 is 2.82 bits per heavy atom. The molecule has 172 valence electrons. The van der Waals surface area contributed by atoms with Gasteiger partial charge in [0, 0.05) is 55.6 Å². The fraction of sp³-hybridized carbons (Fsp3) is 0.462. The third-order valence-corrected chi connectivity index (χ3v) is 6.55. The molecule has 2 fully saturated rings. The number of aromatic nitrogens is 3. The first-order chi connectivity index (χ1) is 16.2. The molecule has 1 amide bonds. The van der Waals surface area contributed by atoms with E-state index in [0.29, 0.717) is 37.9 Å². The molecule has 2 aliphatic rings. The molecule has 1 atom stereocenters. The van der Waals surface area contributed by atoms with Crippen molar-refractivity contribution < 1.29 is 9.53 Å². The van der Waals surface area contributed by atoms with Gasteiger partial charge in [-0.3, -0.25) is 9.78 Å². The summed E-state index contributed by atoms with van der Waals surface area (Å²) in [4.78, 5) is 31.1. The van der Waals surface area contributed by atoms with E-state index in [4.69, 9.17) is 4.74 Å². The van der Waals surface area contributed by atoms with Crippen molar-refractivity contribution in [3.8, 4) is 0 Å². The van der Waals surface area contributed by atoms with Crippen LogP contribution in [0.15, 0.2) is 42.7 Å². The number of nitrogens with zero attached hydrogens (tertiary/aromatic N) is 5. The first-order valence-electron chi connectivity index (χ1n) is 12.0. The molecule has 0 unspecified atom stereocenters. The van der Waals surface area contributed by atoms with Gasteiger partial charge in [-0.05, 0) is 61.8 Å². The van der Waals surface area contributed by atoms with Gasteiger partial charge in [-0.2, -0.15) is 0 Å². The molecular weight excluding hydrogens is 414 g/mol. The molecular formula is C26H31N5O2. The number of aryl methyl sites for hydroxylation is 1. The van der Waals surface area contributed by atoms with Gasteiger partial charge in [0.1, 0.15) is 5.69 Å². The average molecular weight is 446 g/mol. The number of hydrogen-bond donors (Lipinski definition) is 0. The molecule has 7 heteroatoms. The lowest BCUT2D eigenvalue weighted by Crippen LogP contribution is -2.37. The van der Waals surface area contributed by atoms with E-state index in [1.165, 1.54) is 17.4 Å². The van der Waals surface area contributed by atoms with Gasteiger partial charge in [-0.25, -0.2) is 9.97 Å². The topological polar surface area (TPSA) is 71.5 Å². The summed E-state index contributed by atoms with van der Waals surface area (Å²) < 4.78 is 5.88.